The topological polar surface area (TPSA) is 65.5 Å². The van der Waals surface area contributed by atoms with Gasteiger partial charge in [0, 0.05) is 38.6 Å². The van der Waals surface area contributed by atoms with Crippen molar-refractivity contribution in [2.75, 3.05) is 32.7 Å². The maximum Gasteiger partial charge on any atom is 0.253 e. The molecule has 0 spiro atoms. The second kappa shape index (κ2) is 8.32. The Morgan fingerprint density at radius 3 is 2.13 bits per heavy atom. The van der Waals surface area contributed by atoms with Crippen LogP contribution >= 0.6 is 0 Å². The number of fused-ring (bicyclic) bond motifs is 3. The van der Waals surface area contributed by atoms with Crippen molar-refractivity contribution in [3.05, 3.63) is 89.7 Å². The first-order chi connectivity index (χ1) is 15.2. The average molecular weight is 412 g/mol. The van der Waals surface area contributed by atoms with Gasteiger partial charge in [0.1, 0.15) is 0 Å². The molecule has 3 aromatic rings. The molecule has 156 valence electrons. The van der Waals surface area contributed by atoms with Crippen LogP contribution < -0.4 is 5.32 Å². The second-order valence-electron chi connectivity index (χ2n) is 7.92. The van der Waals surface area contributed by atoms with E-state index in [4.69, 9.17) is 0 Å². The molecule has 1 N–H and O–H groups in total. The first kappa shape index (κ1) is 19.5. The lowest BCUT2D eigenvalue weighted by molar-refractivity contribution is -0.132. The molecule has 0 unspecified atom stereocenters. The zero-order valence-electron chi connectivity index (χ0n) is 17.2. The fraction of sp³-hybridized carbons (Fsp3) is 0.240. The van der Waals surface area contributed by atoms with Crippen molar-refractivity contribution in [3.63, 3.8) is 0 Å². The first-order valence-corrected chi connectivity index (χ1v) is 10.6. The van der Waals surface area contributed by atoms with Crippen molar-refractivity contribution < 1.29 is 9.59 Å². The molecule has 1 aliphatic heterocycles. The number of hydrogen-bond donors (Lipinski definition) is 1. The minimum atomic E-state index is -0.278. The summed E-state index contributed by atoms with van der Waals surface area (Å²) in [5.41, 5.74) is 5.75. The molecule has 1 aliphatic carbocycles. The Morgan fingerprint density at radius 1 is 0.871 bits per heavy atom. The minimum Gasteiger partial charge on any atom is -0.343 e. The zero-order valence-corrected chi connectivity index (χ0v) is 17.2. The van der Waals surface area contributed by atoms with Gasteiger partial charge in [-0.3, -0.25) is 19.5 Å². The molecule has 0 atom stereocenters. The minimum absolute atomic E-state index is 0.00280. The number of amides is 2. The lowest BCUT2D eigenvalue weighted by Crippen LogP contribution is -2.51. The fourth-order valence-corrected chi connectivity index (χ4v) is 4.62. The summed E-state index contributed by atoms with van der Waals surface area (Å²) in [5, 5.41) is 2.70. The molecular formula is C25H24N4O2. The summed E-state index contributed by atoms with van der Waals surface area (Å²) < 4.78 is 0. The molecule has 1 saturated heterocycles. The Hall–Kier alpha value is -3.51. The van der Waals surface area contributed by atoms with Gasteiger partial charge in [0.15, 0.2) is 0 Å². The Balaban J connectivity index is 1.22. The average Bonchev–Trinajstić information content (AvgIpc) is 3.17. The number of benzene rings is 2. The molecule has 2 heterocycles. The Bertz CT molecular complexity index is 1060. The highest BCUT2D eigenvalue weighted by Crippen LogP contribution is 2.46. The van der Waals surface area contributed by atoms with Crippen LogP contribution in [0.25, 0.3) is 11.1 Å². The standard InChI is InChI=1S/C25H24N4O2/c30-23(17-27-25(31)18-6-5-11-26-16-18)28-12-14-29(15-13-28)24-21-9-3-1-7-19(21)20-8-2-4-10-22(20)24/h1-11,16,24H,12-15,17H2,(H,27,31). The van der Waals surface area contributed by atoms with E-state index < -0.39 is 0 Å². The van der Waals surface area contributed by atoms with Crippen molar-refractivity contribution in [3.8, 4) is 11.1 Å². The van der Waals surface area contributed by atoms with Gasteiger partial charge in [0.2, 0.25) is 5.91 Å². The normalized spacial score (nSPS) is 15.9. The van der Waals surface area contributed by atoms with Crippen LogP contribution in [0.2, 0.25) is 0 Å². The molecule has 2 aliphatic rings. The molecule has 1 fully saturated rings. The second-order valence-corrected chi connectivity index (χ2v) is 7.92. The molecule has 2 aromatic carbocycles. The smallest absolute Gasteiger partial charge is 0.253 e. The third-order valence-corrected chi connectivity index (χ3v) is 6.16. The van der Waals surface area contributed by atoms with Crippen LogP contribution in [-0.2, 0) is 4.79 Å². The van der Waals surface area contributed by atoms with E-state index in [1.165, 1.54) is 28.5 Å². The Morgan fingerprint density at radius 2 is 1.52 bits per heavy atom. The summed E-state index contributed by atoms with van der Waals surface area (Å²) in [6, 6.07) is 20.8. The summed E-state index contributed by atoms with van der Waals surface area (Å²) in [6.45, 7) is 2.92. The first-order valence-electron chi connectivity index (χ1n) is 10.6. The number of hydrogen-bond acceptors (Lipinski definition) is 4. The van der Waals surface area contributed by atoms with Crippen molar-refractivity contribution in [1.29, 1.82) is 0 Å². The molecule has 2 amide bonds. The van der Waals surface area contributed by atoms with Gasteiger partial charge in [-0.2, -0.15) is 0 Å². The van der Waals surface area contributed by atoms with Gasteiger partial charge in [-0.15, -0.1) is 0 Å². The SMILES string of the molecule is O=C(NCC(=O)N1CCN(C2c3ccccc3-c3ccccc32)CC1)c1cccnc1. The van der Waals surface area contributed by atoms with E-state index in [2.05, 4.69) is 63.7 Å². The van der Waals surface area contributed by atoms with Crippen molar-refractivity contribution in [1.82, 2.24) is 20.1 Å². The van der Waals surface area contributed by atoms with Crippen molar-refractivity contribution in [2.45, 2.75) is 6.04 Å². The van der Waals surface area contributed by atoms with Crippen molar-refractivity contribution >= 4 is 11.8 Å². The molecular weight excluding hydrogens is 388 g/mol. The van der Waals surface area contributed by atoms with E-state index in [-0.39, 0.29) is 24.4 Å². The maximum atomic E-state index is 12.6. The lowest BCUT2D eigenvalue weighted by atomic mass is 10.0. The van der Waals surface area contributed by atoms with Crippen LogP contribution in [0.3, 0.4) is 0 Å². The molecule has 6 heteroatoms. The van der Waals surface area contributed by atoms with E-state index in [0.717, 1.165) is 13.1 Å². The number of aromatic nitrogens is 1. The number of carbonyl (C=O) groups is 2. The molecule has 0 bridgehead atoms. The summed E-state index contributed by atoms with van der Waals surface area (Å²) >= 11 is 0. The third kappa shape index (κ3) is 3.70. The fourth-order valence-electron chi connectivity index (χ4n) is 4.62. The summed E-state index contributed by atoms with van der Waals surface area (Å²) in [7, 11) is 0. The van der Waals surface area contributed by atoms with Gasteiger partial charge in [-0.25, -0.2) is 0 Å². The van der Waals surface area contributed by atoms with Crippen LogP contribution in [-0.4, -0.2) is 59.3 Å². The summed E-state index contributed by atoms with van der Waals surface area (Å²) in [4.78, 5) is 33.0. The predicted molar refractivity (Wildman–Crippen MR) is 118 cm³/mol. The summed E-state index contributed by atoms with van der Waals surface area (Å²) in [5.74, 6) is -0.330. The van der Waals surface area contributed by atoms with Crippen molar-refractivity contribution in [2.24, 2.45) is 0 Å². The number of rotatable bonds is 4. The quantitative estimate of drug-likeness (QED) is 0.716. The van der Waals surface area contributed by atoms with E-state index in [1.54, 1.807) is 18.3 Å². The maximum absolute atomic E-state index is 12.6. The van der Waals surface area contributed by atoms with E-state index in [1.807, 2.05) is 4.90 Å². The lowest BCUT2D eigenvalue weighted by Gasteiger charge is -2.38. The molecule has 0 radical (unpaired) electrons. The molecule has 5 rings (SSSR count). The molecule has 1 aromatic heterocycles. The van der Waals surface area contributed by atoms with Gasteiger partial charge in [0.25, 0.3) is 5.91 Å². The Kier molecular flexibility index (Phi) is 5.22. The molecule has 6 nitrogen and oxygen atoms in total. The number of nitrogens with zero attached hydrogens (tertiary/aromatic N) is 3. The molecule has 31 heavy (non-hydrogen) atoms. The highest BCUT2D eigenvalue weighted by Gasteiger charge is 2.34. The number of pyridine rings is 1. The van der Waals surface area contributed by atoms with Crippen LogP contribution in [0.5, 0.6) is 0 Å². The largest absolute Gasteiger partial charge is 0.343 e. The molecule has 0 saturated carbocycles. The highest BCUT2D eigenvalue weighted by atomic mass is 16.2. The van der Waals surface area contributed by atoms with E-state index in [0.29, 0.717) is 18.7 Å². The van der Waals surface area contributed by atoms with Crippen LogP contribution in [0.1, 0.15) is 27.5 Å². The van der Waals surface area contributed by atoms with Crippen LogP contribution in [0.15, 0.2) is 73.1 Å². The zero-order chi connectivity index (χ0) is 21.2. The summed E-state index contributed by atoms with van der Waals surface area (Å²) in [6.07, 6.45) is 3.11. The Labute approximate surface area is 181 Å². The predicted octanol–water partition coefficient (Wildman–Crippen LogP) is 2.73. The van der Waals surface area contributed by atoms with Gasteiger partial charge in [-0.1, -0.05) is 48.5 Å². The monoisotopic (exact) mass is 412 g/mol. The van der Waals surface area contributed by atoms with Gasteiger partial charge in [0.05, 0.1) is 18.2 Å². The third-order valence-electron chi connectivity index (χ3n) is 6.16. The van der Waals surface area contributed by atoms with Gasteiger partial charge < -0.3 is 10.2 Å². The number of carbonyl (C=O) groups excluding carboxylic acids is 2. The van der Waals surface area contributed by atoms with E-state index in [9.17, 15) is 9.59 Å². The van der Waals surface area contributed by atoms with Crippen LogP contribution in [0.4, 0.5) is 0 Å². The van der Waals surface area contributed by atoms with Gasteiger partial charge >= 0.3 is 0 Å². The van der Waals surface area contributed by atoms with Gasteiger partial charge in [-0.05, 0) is 34.4 Å². The number of nitrogens with one attached hydrogen (secondary N) is 1. The van der Waals surface area contributed by atoms with Crippen LogP contribution in [0, 0.1) is 0 Å². The highest BCUT2D eigenvalue weighted by molar-refractivity contribution is 5.96. The van der Waals surface area contributed by atoms with E-state index >= 15 is 0 Å². The number of piperazine rings is 1.